The fourth-order valence-corrected chi connectivity index (χ4v) is 6.37. The summed E-state index contributed by atoms with van der Waals surface area (Å²) in [6.07, 6.45) is 3.86. The van der Waals surface area contributed by atoms with Gasteiger partial charge in [-0.05, 0) is 84.4 Å². The lowest BCUT2D eigenvalue weighted by Gasteiger charge is -2.43. The van der Waals surface area contributed by atoms with Crippen LogP contribution in [-0.2, 0) is 0 Å². The summed E-state index contributed by atoms with van der Waals surface area (Å²) < 4.78 is 14.0. The monoisotopic (exact) mass is 412 g/mol. The van der Waals surface area contributed by atoms with Crippen molar-refractivity contribution in [2.24, 2.45) is 17.8 Å². The number of rotatable bonds is 3. The zero-order valence-corrected chi connectivity index (χ0v) is 17.2. The van der Waals surface area contributed by atoms with Crippen molar-refractivity contribution in [2.45, 2.75) is 31.2 Å². The number of para-hydroxylation sites is 1. The van der Waals surface area contributed by atoms with E-state index < -0.39 is 5.82 Å². The van der Waals surface area contributed by atoms with E-state index in [9.17, 15) is 9.18 Å². The number of benzene rings is 3. The molecule has 2 fully saturated rings. The van der Waals surface area contributed by atoms with Crippen LogP contribution in [0.1, 0.15) is 52.7 Å². The predicted molar refractivity (Wildman–Crippen MR) is 121 cm³/mol. The molecule has 31 heavy (non-hydrogen) atoms. The average Bonchev–Trinajstić information content (AvgIpc) is 3.43. The highest BCUT2D eigenvalue weighted by Crippen LogP contribution is 2.63. The summed E-state index contributed by atoms with van der Waals surface area (Å²) in [5.74, 6) is 1.76. The van der Waals surface area contributed by atoms with Gasteiger partial charge in [-0.1, -0.05) is 42.5 Å². The Morgan fingerprint density at radius 1 is 0.935 bits per heavy atom. The zero-order chi connectivity index (χ0) is 20.9. The summed E-state index contributed by atoms with van der Waals surface area (Å²) in [6.45, 7) is 0. The molecule has 3 aromatic rings. The molecule has 4 heteroatoms. The lowest BCUT2D eigenvalue weighted by molar-refractivity contribution is 0.102. The lowest BCUT2D eigenvalue weighted by Crippen LogP contribution is -2.35. The Bertz CT molecular complexity index is 1140. The van der Waals surface area contributed by atoms with Crippen molar-refractivity contribution < 1.29 is 9.18 Å². The first-order chi connectivity index (χ1) is 15.2. The van der Waals surface area contributed by atoms with Gasteiger partial charge in [0.05, 0.1) is 11.7 Å². The van der Waals surface area contributed by atoms with Crippen LogP contribution in [0.15, 0.2) is 72.8 Å². The van der Waals surface area contributed by atoms with Crippen LogP contribution >= 0.6 is 0 Å². The Balaban J connectivity index is 1.36. The lowest BCUT2D eigenvalue weighted by atomic mass is 9.68. The molecule has 0 saturated heterocycles. The number of fused-ring (bicyclic) bond motifs is 7. The normalized spacial score (nSPS) is 27.8. The van der Waals surface area contributed by atoms with E-state index >= 15 is 0 Å². The Morgan fingerprint density at radius 3 is 2.55 bits per heavy atom. The third-order valence-electron chi connectivity index (χ3n) is 7.63. The van der Waals surface area contributed by atoms with Crippen LogP contribution in [0.3, 0.4) is 0 Å². The highest BCUT2D eigenvalue weighted by atomic mass is 19.1. The second-order valence-electron chi connectivity index (χ2n) is 9.21. The fraction of sp³-hybridized carbons (Fsp3) is 0.296. The number of anilines is 2. The Kier molecular flexibility index (Phi) is 4.34. The van der Waals surface area contributed by atoms with Crippen molar-refractivity contribution in [2.75, 3.05) is 10.6 Å². The largest absolute Gasteiger partial charge is 0.378 e. The molecule has 1 heterocycles. The van der Waals surface area contributed by atoms with Gasteiger partial charge in [0.25, 0.3) is 5.91 Å². The third kappa shape index (κ3) is 3.04. The first kappa shape index (κ1) is 18.6. The van der Waals surface area contributed by atoms with E-state index in [2.05, 4.69) is 41.0 Å². The molecule has 3 aliphatic rings. The number of hydrogen-bond acceptors (Lipinski definition) is 2. The molecule has 1 aliphatic heterocycles. The summed E-state index contributed by atoms with van der Waals surface area (Å²) in [4.78, 5) is 12.9. The van der Waals surface area contributed by atoms with Gasteiger partial charge in [0.1, 0.15) is 5.82 Å². The van der Waals surface area contributed by atoms with Gasteiger partial charge in [-0.3, -0.25) is 4.79 Å². The Labute approximate surface area is 181 Å². The summed E-state index contributed by atoms with van der Waals surface area (Å²) >= 11 is 0. The SMILES string of the molecule is O=C(Nc1ccccc1F)c1ccc2c(c1)[C@H]1[C@@H]3CC[C@@H](C3)[C@@H]1[C@@H](c1ccccc1)N2. The van der Waals surface area contributed by atoms with Crippen LogP contribution in [0.4, 0.5) is 15.8 Å². The highest BCUT2D eigenvalue weighted by Gasteiger charge is 2.53. The molecule has 0 unspecified atom stereocenters. The maximum absolute atomic E-state index is 14.0. The van der Waals surface area contributed by atoms with Gasteiger partial charge in [-0.25, -0.2) is 4.39 Å². The van der Waals surface area contributed by atoms with Crippen molar-refractivity contribution in [3.05, 3.63) is 95.3 Å². The smallest absolute Gasteiger partial charge is 0.255 e. The van der Waals surface area contributed by atoms with Crippen LogP contribution in [0.2, 0.25) is 0 Å². The number of nitrogens with one attached hydrogen (secondary N) is 2. The van der Waals surface area contributed by atoms with E-state index in [0.29, 0.717) is 29.4 Å². The quantitative estimate of drug-likeness (QED) is 0.524. The number of carbonyl (C=O) groups excluding carboxylic acids is 1. The summed E-state index contributed by atoms with van der Waals surface area (Å²) in [5.41, 5.74) is 4.53. The second-order valence-corrected chi connectivity index (χ2v) is 9.21. The predicted octanol–water partition coefficient (Wildman–Crippen LogP) is 6.37. The van der Waals surface area contributed by atoms with Crippen molar-refractivity contribution in [1.82, 2.24) is 0 Å². The first-order valence-electron chi connectivity index (χ1n) is 11.2. The average molecular weight is 413 g/mol. The maximum Gasteiger partial charge on any atom is 0.255 e. The minimum atomic E-state index is -0.422. The van der Waals surface area contributed by atoms with E-state index in [1.807, 2.05) is 18.2 Å². The summed E-state index contributed by atoms with van der Waals surface area (Å²) in [5, 5.41) is 6.53. The first-order valence-corrected chi connectivity index (χ1v) is 11.2. The molecule has 2 N–H and O–H groups in total. The number of carbonyl (C=O) groups is 1. The van der Waals surface area contributed by atoms with E-state index in [1.165, 1.54) is 36.5 Å². The molecule has 0 spiro atoms. The molecule has 0 radical (unpaired) electrons. The summed E-state index contributed by atoms with van der Waals surface area (Å²) in [7, 11) is 0. The molecule has 0 aromatic heterocycles. The molecule has 3 nitrogen and oxygen atoms in total. The van der Waals surface area contributed by atoms with Crippen molar-refractivity contribution in [1.29, 1.82) is 0 Å². The standard InChI is InChI=1S/C27H25FN2O/c28-21-8-4-5-9-23(21)30-27(31)19-12-13-22-20(15-19)24-17-10-11-18(14-17)25(24)26(29-22)16-6-2-1-3-7-16/h1-9,12-13,15,17-18,24-26,29H,10-11,14H2,(H,30,31)/t17-,18+,24-,25+,26-/m1/s1. The molecule has 2 bridgehead atoms. The zero-order valence-electron chi connectivity index (χ0n) is 17.2. The molecule has 3 aromatic carbocycles. The van der Waals surface area contributed by atoms with E-state index in [4.69, 9.17) is 0 Å². The molecule has 2 aliphatic carbocycles. The van der Waals surface area contributed by atoms with Crippen molar-refractivity contribution >= 4 is 17.3 Å². The van der Waals surface area contributed by atoms with Gasteiger partial charge >= 0.3 is 0 Å². The van der Waals surface area contributed by atoms with Crippen LogP contribution in [0, 0.1) is 23.6 Å². The second kappa shape index (κ2) is 7.23. The van der Waals surface area contributed by atoms with E-state index in [1.54, 1.807) is 18.2 Å². The van der Waals surface area contributed by atoms with Crippen LogP contribution in [0.5, 0.6) is 0 Å². The number of amides is 1. The van der Waals surface area contributed by atoms with Gasteiger partial charge in [0, 0.05) is 11.3 Å². The molecule has 6 rings (SSSR count). The number of hydrogen-bond donors (Lipinski definition) is 2. The molecular weight excluding hydrogens is 387 g/mol. The molecular formula is C27H25FN2O. The Morgan fingerprint density at radius 2 is 1.71 bits per heavy atom. The van der Waals surface area contributed by atoms with Gasteiger partial charge < -0.3 is 10.6 Å². The molecule has 5 atom stereocenters. The molecule has 2 saturated carbocycles. The minimum absolute atomic E-state index is 0.213. The fourth-order valence-electron chi connectivity index (χ4n) is 6.37. The van der Waals surface area contributed by atoms with Crippen LogP contribution < -0.4 is 10.6 Å². The topological polar surface area (TPSA) is 41.1 Å². The van der Waals surface area contributed by atoms with Gasteiger partial charge in [-0.2, -0.15) is 0 Å². The van der Waals surface area contributed by atoms with Crippen molar-refractivity contribution in [3.8, 4) is 0 Å². The molecule has 156 valence electrons. The van der Waals surface area contributed by atoms with Gasteiger partial charge in [0.2, 0.25) is 0 Å². The Hall–Kier alpha value is -3.14. The maximum atomic E-state index is 14.0. The molecule has 1 amide bonds. The van der Waals surface area contributed by atoms with Crippen LogP contribution in [-0.4, -0.2) is 5.91 Å². The van der Waals surface area contributed by atoms with Gasteiger partial charge in [-0.15, -0.1) is 0 Å². The van der Waals surface area contributed by atoms with Crippen LogP contribution in [0.25, 0.3) is 0 Å². The summed E-state index contributed by atoms with van der Waals surface area (Å²) in [6, 6.07) is 23.3. The van der Waals surface area contributed by atoms with E-state index in [-0.39, 0.29) is 11.6 Å². The van der Waals surface area contributed by atoms with Gasteiger partial charge in [0.15, 0.2) is 0 Å². The number of halogens is 1. The third-order valence-corrected chi connectivity index (χ3v) is 7.63. The highest BCUT2D eigenvalue weighted by molar-refractivity contribution is 6.04. The minimum Gasteiger partial charge on any atom is -0.378 e. The van der Waals surface area contributed by atoms with E-state index in [0.717, 1.165) is 11.6 Å². The van der Waals surface area contributed by atoms with Crippen molar-refractivity contribution in [3.63, 3.8) is 0 Å².